The van der Waals surface area contributed by atoms with Crippen LogP contribution in [0.3, 0.4) is 0 Å². The summed E-state index contributed by atoms with van der Waals surface area (Å²) in [6.45, 7) is 3.82. The molecule has 0 aromatic carbocycles. The highest BCUT2D eigenvalue weighted by Crippen LogP contribution is 2.21. The topological polar surface area (TPSA) is 67.3 Å². The summed E-state index contributed by atoms with van der Waals surface area (Å²) in [7, 11) is 3.67. The van der Waals surface area contributed by atoms with Crippen molar-refractivity contribution in [3.63, 3.8) is 0 Å². The molecule has 1 atom stereocenters. The molecule has 1 aliphatic rings. The number of anilines is 2. The molecule has 0 bridgehead atoms. The molecule has 0 amide bonds. The highest BCUT2D eigenvalue weighted by Gasteiger charge is 2.26. The molecule has 1 saturated heterocycles. The lowest BCUT2D eigenvalue weighted by Gasteiger charge is -2.37. The van der Waals surface area contributed by atoms with Crippen molar-refractivity contribution in [1.82, 2.24) is 19.9 Å². The van der Waals surface area contributed by atoms with Crippen molar-refractivity contribution in [2.24, 2.45) is 0 Å². The third-order valence-electron chi connectivity index (χ3n) is 4.16. The van der Waals surface area contributed by atoms with Crippen LogP contribution in [0.4, 0.5) is 11.9 Å². The van der Waals surface area contributed by atoms with E-state index in [-0.39, 0.29) is 0 Å². The van der Waals surface area contributed by atoms with Gasteiger partial charge in [-0.25, -0.2) is 19.9 Å². The standard InChI is InChI=1S/C16H22N6O/c1-12-7-17-15(18-8-12)21(2)13-5-4-6-22(11-13)16-19-9-14(23-3)10-20-16/h7-10,13H,4-6,11H2,1-3H3. The zero-order valence-electron chi connectivity index (χ0n) is 13.8. The monoisotopic (exact) mass is 314 g/mol. The number of piperidine rings is 1. The molecule has 3 heterocycles. The SMILES string of the molecule is COc1cnc(N2CCCC(N(C)c3ncc(C)cn3)C2)nc1. The molecule has 0 N–H and O–H groups in total. The lowest BCUT2D eigenvalue weighted by Crippen LogP contribution is -2.47. The average Bonchev–Trinajstić information content (AvgIpc) is 2.62. The fraction of sp³-hybridized carbons (Fsp3) is 0.500. The Bertz CT molecular complexity index is 630. The molecule has 2 aromatic heterocycles. The van der Waals surface area contributed by atoms with Crippen LogP contribution in [0.15, 0.2) is 24.8 Å². The van der Waals surface area contributed by atoms with Gasteiger partial charge in [0, 0.05) is 38.6 Å². The van der Waals surface area contributed by atoms with Crippen LogP contribution < -0.4 is 14.5 Å². The zero-order valence-corrected chi connectivity index (χ0v) is 13.8. The van der Waals surface area contributed by atoms with E-state index in [9.17, 15) is 0 Å². The van der Waals surface area contributed by atoms with Gasteiger partial charge in [0.1, 0.15) is 0 Å². The number of likely N-dealkylation sites (N-methyl/N-ethyl adjacent to an activating group) is 1. The molecule has 122 valence electrons. The van der Waals surface area contributed by atoms with Gasteiger partial charge in [-0.1, -0.05) is 0 Å². The van der Waals surface area contributed by atoms with Crippen molar-refractivity contribution in [1.29, 1.82) is 0 Å². The molecule has 23 heavy (non-hydrogen) atoms. The largest absolute Gasteiger partial charge is 0.494 e. The minimum atomic E-state index is 0.345. The first-order valence-electron chi connectivity index (χ1n) is 7.80. The van der Waals surface area contributed by atoms with Gasteiger partial charge in [0.05, 0.1) is 19.5 Å². The minimum absolute atomic E-state index is 0.345. The van der Waals surface area contributed by atoms with Gasteiger partial charge >= 0.3 is 0 Å². The molecule has 2 aromatic rings. The number of rotatable bonds is 4. The normalized spacial score (nSPS) is 17.9. The molecule has 1 unspecified atom stereocenters. The molecule has 1 aliphatic heterocycles. The number of hydrogen-bond donors (Lipinski definition) is 0. The van der Waals surface area contributed by atoms with Gasteiger partial charge in [0.25, 0.3) is 0 Å². The second-order valence-electron chi connectivity index (χ2n) is 5.84. The summed E-state index contributed by atoms with van der Waals surface area (Å²) in [5.41, 5.74) is 1.07. The first-order valence-corrected chi connectivity index (χ1v) is 7.80. The smallest absolute Gasteiger partial charge is 0.225 e. The van der Waals surface area contributed by atoms with E-state index >= 15 is 0 Å². The summed E-state index contributed by atoms with van der Waals surface area (Å²) in [5, 5.41) is 0. The quantitative estimate of drug-likeness (QED) is 0.850. The van der Waals surface area contributed by atoms with Gasteiger partial charge in [0.2, 0.25) is 11.9 Å². The summed E-state index contributed by atoms with van der Waals surface area (Å²) in [5.74, 6) is 2.18. The number of hydrogen-bond acceptors (Lipinski definition) is 7. The van der Waals surface area contributed by atoms with Crippen LogP contribution in [-0.2, 0) is 0 Å². The molecular weight excluding hydrogens is 292 g/mol. The summed E-state index contributed by atoms with van der Waals surface area (Å²) < 4.78 is 5.12. The lowest BCUT2D eigenvalue weighted by atomic mass is 10.1. The van der Waals surface area contributed by atoms with Gasteiger partial charge < -0.3 is 14.5 Å². The van der Waals surface area contributed by atoms with E-state index < -0.39 is 0 Å². The highest BCUT2D eigenvalue weighted by atomic mass is 16.5. The Balaban J connectivity index is 1.70. The molecule has 7 heteroatoms. The van der Waals surface area contributed by atoms with Crippen molar-refractivity contribution in [3.05, 3.63) is 30.4 Å². The predicted molar refractivity (Wildman–Crippen MR) is 89.0 cm³/mol. The highest BCUT2D eigenvalue weighted by molar-refractivity contribution is 5.36. The molecule has 0 radical (unpaired) electrons. The van der Waals surface area contributed by atoms with Crippen LogP contribution in [0.2, 0.25) is 0 Å². The Morgan fingerprint density at radius 1 is 1.13 bits per heavy atom. The molecule has 0 spiro atoms. The molecule has 3 rings (SSSR count). The van der Waals surface area contributed by atoms with Gasteiger partial charge in [0.15, 0.2) is 5.75 Å². The van der Waals surface area contributed by atoms with E-state index in [0.717, 1.165) is 43.4 Å². The van der Waals surface area contributed by atoms with Crippen LogP contribution in [0.5, 0.6) is 5.75 Å². The van der Waals surface area contributed by atoms with Crippen LogP contribution >= 0.6 is 0 Å². The number of methoxy groups -OCH3 is 1. The Labute approximate surface area is 136 Å². The molecule has 0 aliphatic carbocycles. The Morgan fingerprint density at radius 2 is 1.83 bits per heavy atom. The zero-order chi connectivity index (χ0) is 16.2. The van der Waals surface area contributed by atoms with E-state index in [0.29, 0.717) is 11.8 Å². The average molecular weight is 314 g/mol. The molecule has 1 fully saturated rings. The van der Waals surface area contributed by atoms with Gasteiger partial charge in [-0.05, 0) is 25.3 Å². The van der Waals surface area contributed by atoms with Gasteiger partial charge in [-0.3, -0.25) is 0 Å². The maximum Gasteiger partial charge on any atom is 0.225 e. The fourth-order valence-electron chi connectivity index (χ4n) is 2.76. The third-order valence-corrected chi connectivity index (χ3v) is 4.16. The minimum Gasteiger partial charge on any atom is -0.494 e. The van der Waals surface area contributed by atoms with Crippen molar-refractivity contribution >= 4 is 11.9 Å². The lowest BCUT2D eigenvalue weighted by molar-refractivity contribution is 0.410. The summed E-state index contributed by atoms with van der Waals surface area (Å²) in [6, 6.07) is 0.345. The fourth-order valence-corrected chi connectivity index (χ4v) is 2.76. The van der Waals surface area contributed by atoms with Crippen molar-refractivity contribution in [2.45, 2.75) is 25.8 Å². The van der Waals surface area contributed by atoms with Gasteiger partial charge in [-0.15, -0.1) is 0 Å². The van der Waals surface area contributed by atoms with Crippen molar-refractivity contribution in [3.8, 4) is 5.75 Å². The maximum absolute atomic E-state index is 5.12. The Morgan fingerprint density at radius 3 is 2.48 bits per heavy atom. The second kappa shape index (κ2) is 6.76. The van der Waals surface area contributed by atoms with Crippen molar-refractivity contribution < 1.29 is 4.74 Å². The first kappa shape index (κ1) is 15.5. The molecule has 7 nitrogen and oxygen atoms in total. The Hall–Kier alpha value is -2.44. The summed E-state index contributed by atoms with van der Waals surface area (Å²) >= 11 is 0. The first-order chi connectivity index (χ1) is 11.2. The van der Waals surface area contributed by atoms with Crippen LogP contribution in [-0.4, -0.2) is 53.2 Å². The molecule has 0 saturated carbocycles. The van der Waals surface area contributed by atoms with Crippen molar-refractivity contribution in [2.75, 3.05) is 37.0 Å². The predicted octanol–water partition coefficient (Wildman–Crippen LogP) is 1.69. The Kier molecular flexibility index (Phi) is 4.55. The summed E-state index contributed by atoms with van der Waals surface area (Å²) in [6.07, 6.45) is 9.33. The van der Waals surface area contributed by atoms with E-state index in [1.807, 2.05) is 26.4 Å². The number of aromatic nitrogens is 4. The van der Waals surface area contributed by atoms with Crippen LogP contribution in [0.25, 0.3) is 0 Å². The molecular formula is C16H22N6O. The number of nitrogens with zero attached hydrogens (tertiary/aromatic N) is 6. The second-order valence-corrected chi connectivity index (χ2v) is 5.84. The third kappa shape index (κ3) is 3.49. The van der Waals surface area contributed by atoms with Gasteiger partial charge in [-0.2, -0.15) is 0 Å². The van der Waals surface area contributed by atoms with Crippen LogP contribution in [0.1, 0.15) is 18.4 Å². The number of ether oxygens (including phenoxy) is 1. The van der Waals surface area contributed by atoms with E-state index in [1.54, 1.807) is 19.5 Å². The summed E-state index contributed by atoms with van der Waals surface area (Å²) in [4.78, 5) is 22.0. The maximum atomic E-state index is 5.12. The van der Waals surface area contributed by atoms with E-state index in [4.69, 9.17) is 4.74 Å². The van der Waals surface area contributed by atoms with E-state index in [1.165, 1.54) is 0 Å². The number of aryl methyl sites for hydroxylation is 1. The van der Waals surface area contributed by atoms with E-state index in [2.05, 4.69) is 29.7 Å². The van der Waals surface area contributed by atoms with Crippen LogP contribution in [0, 0.1) is 6.92 Å².